The number of amides is 1. The highest BCUT2D eigenvalue weighted by atomic mass is 32.2. The molecule has 1 amide bonds. The highest BCUT2D eigenvalue weighted by Gasteiger charge is 2.24. The topological polar surface area (TPSA) is 75.7 Å². The molecule has 1 aromatic rings. The number of carbonyl (C=O) groups excluding carboxylic acids is 1. The molecule has 1 aliphatic heterocycles. The molecule has 1 unspecified atom stereocenters. The summed E-state index contributed by atoms with van der Waals surface area (Å²) in [5, 5.41) is 2.50. The predicted octanol–water partition coefficient (Wildman–Crippen LogP) is 1.14. The fourth-order valence-corrected chi connectivity index (χ4v) is 3.30. The summed E-state index contributed by atoms with van der Waals surface area (Å²) < 4.78 is 56.3. The van der Waals surface area contributed by atoms with E-state index in [1.807, 2.05) is 0 Å². The van der Waals surface area contributed by atoms with E-state index in [2.05, 4.69) is 5.32 Å². The Labute approximate surface area is 139 Å². The number of carbonyl (C=O) groups is 1. The summed E-state index contributed by atoms with van der Waals surface area (Å²) in [6.07, 6.45) is 2.66. The summed E-state index contributed by atoms with van der Waals surface area (Å²) in [5.74, 6) is -2.75. The van der Waals surface area contributed by atoms with Gasteiger partial charge < -0.3 is 10.1 Å². The first-order valence-corrected chi connectivity index (χ1v) is 9.42. The van der Waals surface area contributed by atoms with E-state index in [9.17, 15) is 22.0 Å². The monoisotopic (exact) mass is 362 g/mol. The molecule has 0 aliphatic carbocycles. The van der Waals surface area contributed by atoms with Crippen LogP contribution in [0.2, 0.25) is 0 Å². The number of nitrogens with one attached hydrogen (secondary N) is 1. The SMILES string of the molecule is CS(=O)(=O)N(CCNC(=O)c1ccc(F)c(F)c1)CC1CCCO1. The van der Waals surface area contributed by atoms with E-state index in [1.165, 1.54) is 4.31 Å². The minimum Gasteiger partial charge on any atom is -0.377 e. The van der Waals surface area contributed by atoms with Gasteiger partial charge in [-0.25, -0.2) is 17.2 Å². The Balaban J connectivity index is 1.89. The van der Waals surface area contributed by atoms with E-state index < -0.39 is 27.6 Å². The molecule has 1 N–H and O–H groups in total. The molecule has 2 rings (SSSR count). The fraction of sp³-hybridized carbons (Fsp3) is 0.533. The minimum atomic E-state index is -3.43. The molecule has 1 heterocycles. The van der Waals surface area contributed by atoms with Crippen LogP contribution >= 0.6 is 0 Å². The molecule has 9 heteroatoms. The number of benzene rings is 1. The van der Waals surface area contributed by atoms with Crippen LogP contribution in [0.5, 0.6) is 0 Å². The molecule has 0 bridgehead atoms. The van der Waals surface area contributed by atoms with Crippen molar-refractivity contribution in [2.45, 2.75) is 18.9 Å². The molecule has 1 saturated heterocycles. The third-order valence-corrected chi connectivity index (χ3v) is 5.00. The molecule has 134 valence electrons. The Morgan fingerprint density at radius 1 is 1.38 bits per heavy atom. The third kappa shape index (κ3) is 5.22. The van der Waals surface area contributed by atoms with Gasteiger partial charge in [0.1, 0.15) is 0 Å². The van der Waals surface area contributed by atoms with Crippen molar-refractivity contribution >= 4 is 15.9 Å². The minimum absolute atomic E-state index is 0.0288. The molecule has 0 aromatic heterocycles. The third-order valence-electron chi connectivity index (χ3n) is 3.73. The number of ether oxygens (including phenoxy) is 1. The molecular formula is C15H20F2N2O4S. The Kier molecular flexibility index (Phi) is 6.25. The predicted molar refractivity (Wildman–Crippen MR) is 84.1 cm³/mol. The van der Waals surface area contributed by atoms with Crippen LogP contribution < -0.4 is 5.32 Å². The van der Waals surface area contributed by atoms with Crippen molar-refractivity contribution in [1.29, 1.82) is 0 Å². The smallest absolute Gasteiger partial charge is 0.251 e. The van der Waals surface area contributed by atoms with Crippen molar-refractivity contribution < 1.29 is 26.7 Å². The first-order chi connectivity index (χ1) is 11.3. The van der Waals surface area contributed by atoms with Crippen molar-refractivity contribution in [1.82, 2.24) is 9.62 Å². The summed E-state index contributed by atoms with van der Waals surface area (Å²) in [7, 11) is -3.43. The van der Waals surface area contributed by atoms with Crippen molar-refractivity contribution in [3.63, 3.8) is 0 Å². The van der Waals surface area contributed by atoms with E-state index in [0.29, 0.717) is 6.61 Å². The lowest BCUT2D eigenvalue weighted by Crippen LogP contribution is -2.41. The van der Waals surface area contributed by atoms with Gasteiger partial charge in [-0.2, -0.15) is 4.31 Å². The molecule has 0 radical (unpaired) electrons. The van der Waals surface area contributed by atoms with E-state index >= 15 is 0 Å². The largest absolute Gasteiger partial charge is 0.377 e. The van der Waals surface area contributed by atoms with Crippen LogP contribution in [0.25, 0.3) is 0 Å². The van der Waals surface area contributed by atoms with Gasteiger partial charge in [0.25, 0.3) is 5.91 Å². The highest BCUT2D eigenvalue weighted by molar-refractivity contribution is 7.88. The van der Waals surface area contributed by atoms with Crippen molar-refractivity contribution in [2.75, 3.05) is 32.5 Å². The van der Waals surface area contributed by atoms with Gasteiger partial charge in [-0.15, -0.1) is 0 Å². The maximum absolute atomic E-state index is 13.1. The van der Waals surface area contributed by atoms with Crippen molar-refractivity contribution in [3.8, 4) is 0 Å². The molecule has 0 saturated carbocycles. The zero-order chi connectivity index (χ0) is 17.7. The molecule has 0 spiro atoms. The summed E-state index contributed by atoms with van der Waals surface area (Å²) in [6.45, 7) is 0.987. The molecule has 1 aliphatic rings. The summed E-state index contributed by atoms with van der Waals surface area (Å²) in [6, 6.07) is 2.82. The maximum atomic E-state index is 13.1. The average molecular weight is 362 g/mol. The van der Waals surface area contributed by atoms with Gasteiger partial charge in [0.2, 0.25) is 10.0 Å². The second-order valence-corrected chi connectivity index (χ2v) is 7.62. The van der Waals surface area contributed by atoms with Gasteiger partial charge in [-0.1, -0.05) is 0 Å². The summed E-state index contributed by atoms with van der Waals surface area (Å²) in [4.78, 5) is 11.9. The lowest BCUT2D eigenvalue weighted by atomic mass is 10.2. The Morgan fingerprint density at radius 2 is 2.12 bits per heavy atom. The van der Waals surface area contributed by atoms with E-state index in [4.69, 9.17) is 4.74 Å². The Morgan fingerprint density at radius 3 is 2.71 bits per heavy atom. The van der Waals surface area contributed by atoms with Crippen LogP contribution in [0.15, 0.2) is 18.2 Å². The second-order valence-electron chi connectivity index (χ2n) is 5.64. The number of sulfonamides is 1. The van der Waals surface area contributed by atoms with Crippen LogP contribution in [0.3, 0.4) is 0 Å². The van der Waals surface area contributed by atoms with Crippen LogP contribution in [0, 0.1) is 11.6 Å². The second kappa shape index (κ2) is 8.00. The number of rotatable bonds is 7. The molecule has 1 aromatic carbocycles. The first kappa shape index (κ1) is 18.8. The van der Waals surface area contributed by atoms with Crippen molar-refractivity contribution in [3.05, 3.63) is 35.4 Å². The van der Waals surface area contributed by atoms with Gasteiger partial charge in [0, 0.05) is 31.8 Å². The normalized spacial score (nSPS) is 18.1. The van der Waals surface area contributed by atoms with Crippen LogP contribution in [0.4, 0.5) is 8.78 Å². The number of halogens is 2. The van der Waals surface area contributed by atoms with Gasteiger partial charge >= 0.3 is 0 Å². The van der Waals surface area contributed by atoms with Crippen LogP contribution in [0.1, 0.15) is 23.2 Å². The van der Waals surface area contributed by atoms with E-state index in [-0.39, 0.29) is 31.3 Å². The first-order valence-electron chi connectivity index (χ1n) is 7.57. The molecule has 1 atom stereocenters. The summed E-state index contributed by atoms with van der Waals surface area (Å²) in [5.41, 5.74) is -0.0288. The van der Waals surface area contributed by atoms with Gasteiger partial charge in [-0.3, -0.25) is 4.79 Å². The van der Waals surface area contributed by atoms with E-state index in [0.717, 1.165) is 37.3 Å². The van der Waals surface area contributed by atoms with Crippen LogP contribution in [-0.4, -0.2) is 57.2 Å². The lowest BCUT2D eigenvalue weighted by Gasteiger charge is -2.23. The van der Waals surface area contributed by atoms with Gasteiger partial charge in [-0.05, 0) is 31.0 Å². The molecular weight excluding hydrogens is 342 g/mol. The van der Waals surface area contributed by atoms with Gasteiger partial charge in [0.15, 0.2) is 11.6 Å². The lowest BCUT2D eigenvalue weighted by molar-refractivity contribution is 0.0910. The molecule has 24 heavy (non-hydrogen) atoms. The Hall–Kier alpha value is -1.58. The number of hydrogen-bond donors (Lipinski definition) is 1. The molecule has 1 fully saturated rings. The maximum Gasteiger partial charge on any atom is 0.251 e. The summed E-state index contributed by atoms with van der Waals surface area (Å²) >= 11 is 0. The standard InChI is InChI=1S/C15H20F2N2O4S/c1-24(21,22)19(10-12-3-2-8-23-12)7-6-18-15(20)11-4-5-13(16)14(17)9-11/h4-5,9,12H,2-3,6-8,10H2,1H3,(H,18,20). The van der Waals surface area contributed by atoms with Crippen molar-refractivity contribution in [2.24, 2.45) is 0 Å². The van der Waals surface area contributed by atoms with E-state index in [1.54, 1.807) is 0 Å². The zero-order valence-electron chi connectivity index (χ0n) is 13.3. The number of nitrogens with zero attached hydrogens (tertiary/aromatic N) is 1. The quantitative estimate of drug-likeness (QED) is 0.789. The Bertz CT molecular complexity index is 691. The average Bonchev–Trinajstić information content (AvgIpc) is 3.01. The highest BCUT2D eigenvalue weighted by Crippen LogP contribution is 2.14. The van der Waals surface area contributed by atoms with Gasteiger partial charge in [0.05, 0.1) is 12.4 Å². The van der Waals surface area contributed by atoms with Crippen LogP contribution in [-0.2, 0) is 14.8 Å². The zero-order valence-corrected chi connectivity index (χ0v) is 14.1. The fourth-order valence-electron chi connectivity index (χ4n) is 2.44. The molecule has 6 nitrogen and oxygen atoms in total. The number of hydrogen-bond acceptors (Lipinski definition) is 4.